The Morgan fingerprint density at radius 2 is 2.00 bits per heavy atom. The van der Waals surface area contributed by atoms with Gasteiger partial charge in [0.2, 0.25) is 0 Å². The highest BCUT2D eigenvalue weighted by molar-refractivity contribution is 5.87. The first-order valence-electron chi connectivity index (χ1n) is 9.06. The van der Waals surface area contributed by atoms with Crippen LogP contribution in [0.5, 0.6) is 0 Å². The van der Waals surface area contributed by atoms with Crippen LogP contribution in [0, 0.1) is 5.82 Å². The van der Waals surface area contributed by atoms with E-state index in [1.165, 1.54) is 24.4 Å². The average Bonchev–Trinajstić information content (AvgIpc) is 3.18. The number of carboxylic acids is 1. The number of aromatic carboxylic acids is 1. The lowest BCUT2D eigenvalue weighted by Crippen LogP contribution is -2.12. The Kier molecular flexibility index (Phi) is 6.04. The van der Waals surface area contributed by atoms with Gasteiger partial charge >= 0.3 is 12.1 Å². The summed E-state index contributed by atoms with van der Waals surface area (Å²) in [6, 6.07) is 6.77. The topological polar surface area (TPSA) is 80.0 Å². The van der Waals surface area contributed by atoms with Gasteiger partial charge in [-0.3, -0.25) is 0 Å². The molecule has 2 N–H and O–H groups in total. The van der Waals surface area contributed by atoms with E-state index >= 15 is 0 Å². The summed E-state index contributed by atoms with van der Waals surface area (Å²) < 4.78 is 53.2. The highest BCUT2D eigenvalue weighted by Gasteiger charge is 2.32. The zero-order valence-electron chi connectivity index (χ0n) is 15.8. The summed E-state index contributed by atoms with van der Waals surface area (Å²) in [6.45, 7) is 1.95. The number of nitrogens with one attached hydrogen (secondary N) is 1. The number of hydrogen-bond donors (Lipinski definition) is 2. The van der Waals surface area contributed by atoms with E-state index in [2.05, 4.69) is 15.4 Å². The molecule has 158 valence electrons. The van der Waals surface area contributed by atoms with Crippen LogP contribution in [-0.4, -0.2) is 25.8 Å². The molecular weight excluding hydrogens is 404 g/mol. The highest BCUT2D eigenvalue weighted by Crippen LogP contribution is 2.29. The second-order valence-electron chi connectivity index (χ2n) is 6.61. The summed E-state index contributed by atoms with van der Waals surface area (Å²) in [5.74, 6) is -1.96. The third kappa shape index (κ3) is 4.76. The number of hydrogen-bond acceptors (Lipinski definition) is 4. The zero-order chi connectivity index (χ0) is 21.9. The fourth-order valence-corrected chi connectivity index (χ4v) is 2.94. The maximum absolute atomic E-state index is 14.1. The standard InChI is InChI=1S/C20H18F4N4O2/c1-2-3-17(12-4-6-15(19(29)30)16(21)8-12)27-14-5-7-18(25-10-14)28-11-13(9-26-28)20(22,23)24/h4-11,17,27H,2-3H2,1H3,(H,29,30). The Hall–Kier alpha value is -3.43. The van der Waals surface area contributed by atoms with Crippen molar-refractivity contribution in [3.8, 4) is 5.82 Å². The predicted molar refractivity (Wildman–Crippen MR) is 101 cm³/mol. The van der Waals surface area contributed by atoms with Crippen LogP contribution < -0.4 is 5.32 Å². The van der Waals surface area contributed by atoms with Gasteiger partial charge in [0.1, 0.15) is 5.82 Å². The van der Waals surface area contributed by atoms with Gasteiger partial charge in [-0.2, -0.15) is 18.3 Å². The molecule has 3 rings (SSSR count). The lowest BCUT2D eigenvalue weighted by molar-refractivity contribution is -0.137. The van der Waals surface area contributed by atoms with Gasteiger partial charge in [0.25, 0.3) is 0 Å². The van der Waals surface area contributed by atoms with Gasteiger partial charge in [-0.25, -0.2) is 18.9 Å². The number of carboxylic acid groups (broad SMARTS) is 1. The molecule has 10 heteroatoms. The van der Waals surface area contributed by atoms with Crippen molar-refractivity contribution in [3.05, 3.63) is 71.4 Å². The lowest BCUT2D eigenvalue weighted by atomic mass is 10.00. The minimum Gasteiger partial charge on any atom is -0.478 e. The van der Waals surface area contributed by atoms with Gasteiger partial charge in [-0.1, -0.05) is 19.4 Å². The first-order chi connectivity index (χ1) is 14.2. The second-order valence-corrected chi connectivity index (χ2v) is 6.61. The van der Waals surface area contributed by atoms with Gasteiger partial charge in [-0.05, 0) is 36.2 Å². The molecule has 6 nitrogen and oxygen atoms in total. The van der Waals surface area contributed by atoms with E-state index in [9.17, 15) is 22.4 Å². The molecule has 2 aromatic heterocycles. The number of alkyl halides is 3. The number of pyridine rings is 1. The molecule has 0 saturated heterocycles. The molecule has 2 heterocycles. The number of anilines is 1. The third-order valence-corrected chi connectivity index (χ3v) is 4.44. The number of halogens is 4. The highest BCUT2D eigenvalue weighted by atomic mass is 19.4. The molecule has 0 amide bonds. The summed E-state index contributed by atoms with van der Waals surface area (Å²) in [6.07, 6.45) is -0.0588. The molecule has 1 aromatic carbocycles. The van der Waals surface area contributed by atoms with Gasteiger partial charge < -0.3 is 10.4 Å². The largest absolute Gasteiger partial charge is 0.478 e. The van der Waals surface area contributed by atoms with Crippen LogP contribution in [0.25, 0.3) is 5.82 Å². The van der Waals surface area contributed by atoms with Crippen LogP contribution in [0.2, 0.25) is 0 Å². The normalized spacial score (nSPS) is 12.6. The van der Waals surface area contributed by atoms with Crippen LogP contribution in [0.3, 0.4) is 0 Å². The molecule has 0 saturated carbocycles. The molecule has 0 bridgehead atoms. The van der Waals surface area contributed by atoms with E-state index < -0.39 is 29.1 Å². The minimum absolute atomic E-state index is 0.208. The number of aromatic nitrogens is 3. The van der Waals surface area contributed by atoms with E-state index in [0.717, 1.165) is 23.5 Å². The Bertz CT molecular complexity index is 1030. The summed E-state index contributed by atoms with van der Waals surface area (Å²) in [5.41, 5.74) is -0.132. The molecule has 0 aliphatic heterocycles. The number of benzene rings is 1. The van der Waals surface area contributed by atoms with Crippen LogP contribution in [-0.2, 0) is 6.18 Å². The molecule has 0 fully saturated rings. The van der Waals surface area contributed by atoms with E-state index in [1.807, 2.05) is 6.92 Å². The molecule has 3 aromatic rings. The molecule has 1 unspecified atom stereocenters. The van der Waals surface area contributed by atoms with Crippen molar-refractivity contribution < 1.29 is 27.5 Å². The Morgan fingerprint density at radius 3 is 2.53 bits per heavy atom. The van der Waals surface area contributed by atoms with Crippen molar-refractivity contribution in [1.82, 2.24) is 14.8 Å². The van der Waals surface area contributed by atoms with Crippen LogP contribution in [0.15, 0.2) is 48.9 Å². The molecule has 0 radical (unpaired) electrons. The number of carbonyl (C=O) groups is 1. The maximum atomic E-state index is 14.1. The Balaban J connectivity index is 1.79. The van der Waals surface area contributed by atoms with Crippen molar-refractivity contribution in [2.45, 2.75) is 32.0 Å². The molecule has 0 aliphatic carbocycles. The van der Waals surface area contributed by atoms with E-state index in [4.69, 9.17) is 5.11 Å². The quantitative estimate of drug-likeness (QED) is 0.520. The monoisotopic (exact) mass is 422 g/mol. The summed E-state index contributed by atoms with van der Waals surface area (Å²) in [4.78, 5) is 15.1. The molecule has 1 atom stereocenters. The van der Waals surface area contributed by atoms with Gasteiger partial charge in [0.15, 0.2) is 5.82 Å². The molecule has 0 aliphatic rings. The van der Waals surface area contributed by atoms with E-state index in [1.54, 1.807) is 12.1 Å². The van der Waals surface area contributed by atoms with E-state index in [-0.39, 0.29) is 11.9 Å². The number of nitrogens with zero attached hydrogens (tertiary/aromatic N) is 3. The first kappa shape index (κ1) is 21.3. The van der Waals surface area contributed by atoms with Gasteiger partial charge in [-0.15, -0.1) is 0 Å². The van der Waals surface area contributed by atoms with E-state index in [0.29, 0.717) is 17.7 Å². The summed E-state index contributed by atoms with van der Waals surface area (Å²) in [7, 11) is 0. The van der Waals surface area contributed by atoms with Crippen LogP contribution in [0.4, 0.5) is 23.2 Å². The Labute approximate surface area is 169 Å². The third-order valence-electron chi connectivity index (χ3n) is 4.44. The summed E-state index contributed by atoms with van der Waals surface area (Å²) >= 11 is 0. The van der Waals surface area contributed by atoms with Crippen LogP contribution in [0.1, 0.15) is 47.3 Å². The number of rotatable bonds is 7. The fourth-order valence-electron chi connectivity index (χ4n) is 2.94. The minimum atomic E-state index is -4.49. The van der Waals surface area contributed by atoms with Crippen molar-refractivity contribution in [1.29, 1.82) is 0 Å². The fraction of sp³-hybridized carbons (Fsp3) is 0.250. The van der Waals surface area contributed by atoms with Gasteiger partial charge in [0, 0.05) is 6.20 Å². The maximum Gasteiger partial charge on any atom is 0.419 e. The molecule has 0 spiro atoms. The smallest absolute Gasteiger partial charge is 0.419 e. The van der Waals surface area contributed by atoms with Crippen molar-refractivity contribution in [3.63, 3.8) is 0 Å². The van der Waals surface area contributed by atoms with Crippen molar-refractivity contribution in [2.75, 3.05) is 5.32 Å². The van der Waals surface area contributed by atoms with Crippen LogP contribution >= 0.6 is 0 Å². The SMILES string of the molecule is CCCC(Nc1ccc(-n2cc(C(F)(F)F)cn2)nc1)c1ccc(C(=O)O)c(F)c1. The molecular formula is C20H18F4N4O2. The zero-order valence-corrected chi connectivity index (χ0v) is 15.8. The Morgan fingerprint density at radius 1 is 1.23 bits per heavy atom. The predicted octanol–water partition coefficient (Wildman–Crippen LogP) is 5.08. The molecule has 30 heavy (non-hydrogen) atoms. The van der Waals surface area contributed by atoms with Crippen molar-refractivity contribution in [2.24, 2.45) is 0 Å². The van der Waals surface area contributed by atoms with Crippen molar-refractivity contribution >= 4 is 11.7 Å². The average molecular weight is 422 g/mol. The van der Waals surface area contributed by atoms with Gasteiger partial charge in [0.05, 0.1) is 35.2 Å². The summed E-state index contributed by atoms with van der Waals surface area (Å²) in [5, 5.41) is 15.8. The second kappa shape index (κ2) is 8.52. The lowest BCUT2D eigenvalue weighted by Gasteiger charge is -2.20. The first-order valence-corrected chi connectivity index (χ1v) is 9.06.